The van der Waals surface area contributed by atoms with Crippen molar-refractivity contribution in [2.45, 2.75) is 50.7 Å². The first-order valence-corrected chi connectivity index (χ1v) is 6.31. The van der Waals surface area contributed by atoms with Gasteiger partial charge in [-0.3, -0.25) is 0 Å². The van der Waals surface area contributed by atoms with Gasteiger partial charge < -0.3 is 15.2 Å². The average molecular weight is 213 g/mol. The van der Waals surface area contributed by atoms with Crippen LogP contribution < -0.4 is 5.73 Å². The summed E-state index contributed by atoms with van der Waals surface area (Å²) in [6, 6.07) is 0.317. The van der Waals surface area contributed by atoms with Gasteiger partial charge in [0.15, 0.2) is 0 Å². The van der Waals surface area contributed by atoms with Crippen LogP contribution in [0.5, 0.6) is 0 Å². The fourth-order valence-corrected chi connectivity index (χ4v) is 2.63. The minimum atomic E-state index is 0.317. The molecule has 88 valence electrons. The predicted octanol–water partition coefficient (Wildman–Crippen LogP) is 1.70. The molecule has 0 spiro atoms. The van der Waals surface area contributed by atoms with E-state index >= 15 is 0 Å². The van der Waals surface area contributed by atoms with Crippen LogP contribution in [-0.4, -0.2) is 32.0 Å². The molecule has 2 aliphatic rings. The minimum absolute atomic E-state index is 0.317. The highest BCUT2D eigenvalue weighted by Gasteiger charge is 2.25. The van der Waals surface area contributed by atoms with Crippen molar-refractivity contribution in [3.05, 3.63) is 0 Å². The predicted molar refractivity (Wildman–Crippen MR) is 59.7 cm³/mol. The second kappa shape index (κ2) is 5.83. The van der Waals surface area contributed by atoms with Crippen LogP contribution in [0.1, 0.15) is 38.5 Å². The van der Waals surface area contributed by atoms with Crippen LogP contribution in [0.3, 0.4) is 0 Å². The zero-order valence-electron chi connectivity index (χ0n) is 9.49. The van der Waals surface area contributed by atoms with Gasteiger partial charge >= 0.3 is 0 Å². The maximum Gasteiger partial charge on any atom is 0.0590 e. The lowest BCUT2D eigenvalue weighted by molar-refractivity contribution is -0.00396. The highest BCUT2D eigenvalue weighted by Crippen LogP contribution is 2.24. The van der Waals surface area contributed by atoms with Gasteiger partial charge in [-0.15, -0.1) is 0 Å². The van der Waals surface area contributed by atoms with Crippen molar-refractivity contribution in [3.63, 3.8) is 0 Å². The van der Waals surface area contributed by atoms with E-state index in [1.165, 1.54) is 19.3 Å². The zero-order chi connectivity index (χ0) is 10.5. The van der Waals surface area contributed by atoms with E-state index in [4.69, 9.17) is 15.2 Å². The minimum Gasteiger partial charge on any atom is -0.381 e. The number of hydrogen-bond donors (Lipinski definition) is 1. The molecule has 0 saturated carbocycles. The van der Waals surface area contributed by atoms with Gasteiger partial charge in [-0.2, -0.15) is 0 Å². The van der Waals surface area contributed by atoms with Gasteiger partial charge in [-0.25, -0.2) is 0 Å². The Hall–Kier alpha value is -0.120. The molecule has 0 radical (unpaired) electrons. The molecule has 0 amide bonds. The van der Waals surface area contributed by atoms with E-state index in [-0.39, 0.29) is 0 Å². The molecule has 2 N–H and O–H groups in total. The van der Waals surface area contributed by atoms with Crippen molar-refractivity contribution in [1.29, 1.82) is 0 Å². The Morgan fingerprint density at radius 1 is 1.07 bits per heavy atom. The molecule has 2 rings (SSSR count). The quantitative estimate of drug-likeness (QED) is 0.776. The Bertz CT molecular complexity index is 174. The summed E-state index contributed by atoms with van der Waals surface area (Å²) in [5, 5.41) is 0. The Morgan fingerprint density at radius 2 is 1.87 bits per heavy atom. The lowest BCUT2D eigenvalue weighted by Gasteiger charge is -2.31. The van der Waals surface area contributed by atoms with Gasteiger partial charge in [0.1, 0.15) is 0 Å². The third kappa shape index (κ3) is 3.44. The van der Waals surface area contributed by atoms with E-state index in [1.54, 1.807) is 0 Å². The molecule has 2 heterocycles. The number of ether oxygens (including phenoxy) is 2. The highest BCUT2D eigenvalue weighted by atomic mass is 16.5. The molecular formula is C12H23NO2. The molecule has 15 heavy (non-hydrogen) atoms. The lowest BCUT2D eigenvalue weighted by atomic mass is 9.87. The summed E-state index contributed by atoms with van der Waals surface area (Å²) in [6.45, 7) is 2.72. The maximum atomic E-state index is 6.24. The number of rotatable bonds is 3. The molecular weight excluding hydrogens is 190 g/mol. The van der Waals surface area contributed by atoms with Crippen molar-refractivity contribution < 1.29 is 9.47 Å². The molecule has 2 fully saturated rings. The Morgan fingerprint density at radius 3 is 2.53 bits per heavy atom. The lowest BCUT2D eigenvalue weighted by Crippen LogP contribution is -2.38. The summed E-state index contributed by atoms with van der Waals surface area (Å²) in [7, 11) is 0. The van der Waals surface area contributed by atoms with Crippen molar-refractivity contribution in [3.8, 4) is 0 Å². The summed E-state index contributed by atoms with van der Waals surface area (Å²) >= 11 is 0. The van der Waals surface area contributed by atoms with Crippen molar-refractivity contribution >= 4 is 0 Å². The maximum absolute atomic E-state index is 6.24. The third-order valence-electron chi connectivity index (χ3n) is 3.68. The molecule has 2 aliphatic heterocycles. The van der Waals surface area contributed by atoms with E-state index in [0.717, 1.165) is 39.1 Å². The van der Waals surface area contributed by atoms with Crippen LogP contribution in [0, 0.1) is 5.92 Å². The first-order chi connectivity index (χ1) is 7.36. The smallest absolute Gasteiger partial charge is 0.0590 e. The molecule has 0 aliphatic carbocycles. The fourth-order valence-electron chi connectivity index (χ4n) is 2.63. The second-order valence-electron chi connectivity index (χ2n) is 4.84. The fraction of sp³-hybridized carbons (Fsp3) is 1.00. The average Bonchev–Trinajstić information content (AvgIpc) is 2.31. The summed E-state index contributed by atoms with van der Waals surface area (Å²) in [6.07, 6.45) is 7.48. The number of hydrogen-bond acceptors (Lipinski definition) is 3. The van der Waals surface area contributed by atoms with E-state index < -0.39 is 0 Å². The Labute approximate surface area is 92.3 Å². The highest BCUT2D eigenvalue weighted by molar-refractivity contribution is 4.79. The Balaban J connectivity index is 1.72. The van der Waals surface area contributed by atoms with Gasteiger partial charge in [-0.05, 0) is 44.4 Å². The van der Waals surface area contributed by atoms with Gasteiger partial charge in [-0.1, -0.05) is 0 Å². The number of nitrogens with two attached hydrogens (primary N) is 1. The summed E-state index contributed by atoms with van der Waals surface area (Å²) in [5.41, 5.74) is 6.24. The van der Waals surface area contributed by atoms with Crippen molar-refractivity contribution in [2.24, 2.45) is 11.7 Å². The molecule has 3 heteroatoms. The zero-order valence-corrected chi connectivity index (χ0v) is 9.49. The van der Waals surface area contributed by atoms with Gasteiger partial charge in [0, 0.05) is 25.9 Å². The topological polar surface area (TPSA) is 44.5 Å². The molecule has 0 aromatic rings. The molecule has 2 atom stereocenters. The van der Waals surface area contributed by atoms with Crippen LogP contribution in [-0.2, 0) is 9.47 Å². The van der Waals surface area contributed by atoms with Crippen LogP contribution in [0.2, 0.25) is 0 Å². The Kier molecular flexibility index (Phi) is 4.42. The molecule has 0 aromatic carbocycles. The van der Waals surface area contributed by atoms with E-state index in [2.05, 4.69) is 0 Å². The van der Waals surface area contributed by atoms with Crippen LogP contribution in [0.15, 0.2) is 0 Å². The monoisotopic (exact) mass is 213 g/mol. The van der Waals surface area contributed by atoms with E-state index in [1.807, 2.05) is 0 Å². The van der Waals surface area contributed by atoms with Crippen molar-refractivity contribution in [1.82, 2.24) is 0 Å². The SMILES string of the molecule is NC(CC1CCCCO1)C1CCOCC1. The van der Waals surface area contributed by atoms with Crippen LogP contribution >= 0.6 is 0 Å². The summed E-state index contributed by atoms with van der Waals surface area (Å²) in [4.78, 5) is 0. The van der Waals surface area contributed by atoms with Crippen LogP contribution in [0.4, 0.5) is 0 Å². The van der Waals surface area contributed by atoms with Crippen LogP contribution in [0.25, 0.3) is 0 Å². The van der Waals surface area contributed by atoms with E-state index in [0.29, 0.717) is 18.1 Å². The van der Waals surface area contributed by atoms with Crippen molar-refractivity contribution in [2.75, 3.05) is 19.8 Å². The normalized spacial score (nSPS) is 31.4. The first-order valence-electron chi connectivity index (χ1n) is 6.31. The molecule has 0 bridgehead atoms. The van der Waals surface area contributed by atoms with Gasteiger partial charge in [0.2, 0.25) is 0 Å². The largest absolute Gasteiger partial charge is 0.381 e. The van der Waals surface area contributed by atoms with Gasteiger partial charge in [0.05, 0.1) is 6.10 Å². The second-order valence-corrected chi connectivity index (χ2v) is 4.84. The molecule has 2 unspecified atom stereocenters. The standard InChI is InChI=1S/C12H23NO2/c13-12(10-4-7-14-8-5-10)9-11-3-1-2-6-15-11/h10-12H,1-9,13H2. The molecule has 3 nitrogen and oxygen atoms in total. The summed E-state index contributed by atoms with van der Waals surface area (Å²) in [5.74, 6) is 0.657. The van der Waals surface area contributed by atoms with Gasteiger partial charge in [0.25, 0.3) is 0 Å². The van der Waals surface area contributed by atoms with E-state index in [9.17, 15) is 0 Å². The molecule has 2 saturated heterocycles. The molecule has 0 aromatic heterocycles. The third-order valence-corrected chi connectivity index (χ3v) is 3.68. The first kappa shape index (κ1) is 11.4. The summed E-state index contributed by atoms with van der Waals surface area (Å²) < 4.78 is 11.1.